The molecule has 1 aromatic carbocycles. The Bertz CT molecular complexity index is 986. The lowest BCUT2D eigenvalue weighted by Gasteiger charge is -2.27. The Balaban J connectivity index is 1.49. The second kappa shape index (κ2) is 7.04. The van der Waals surface area contributed by atoms with Crippen molar-refractivity contribution in [2.75, 3.05) is 28.7 Å². The van der Waals surface area contributed by atoms with Crippen molar-refractivity contribution in [2.24, 2.45) is 0 Å². The summed E-state index contributed by atoms with van der Waals surface area (Å²) in [6.45, 7) is 0.213. The lowest BCUT2D eigenvalue weighted by Crippen LogP contribution is -2.46. The van der Waals surface area contributed by atoms with Gasteiger partial charge in [-0.25, -0.2) is 8.70 Å². The number of fused-ring (bicyclic) bond motifs is 1. The van der Waals surface area contributed by atoms with Gasteiger partial charge in [-0.05, 0) is 36.4 Å². The van der Waals surface area contributed by atoms with E-state index in [-0.39, 0.29) is 19.0 Å². The van der Waals surface area contributed by atoms with Gasteiger partial charge < -0.3 is 5.32 Å². The zero-order valence-corrected chi connectivity index (χ0v) is 17.2. The second-order valence-electron chi connectivity index (χ2n) is 7.20. The topological polar surface area (TPSA) is 69.7 Å². The van der Waals surface area contributed by atoms with Gasteiger partial charge in [-0.1, -0.05) is 18.9 Å². The first kappa shape index (κ1) is 19.2. The molecule has 1 aliphatic carbocycles. The van der Waals surface area contributed by atoms with E-state index >= 15 is 0 Å². The van der Waals surface area contributed by atoms with Gasteiger partial charge in [-0.15, -0.1) is 11.3 Å². The summed E-state index contributed by atoms with van der Waals surface area (Å²) in [6.07, 6.45) is 3.61. The number of amides is 1. The molecular weight excluding hydrogens is 401 g/mol. The van der Waals surface area contributed by atoms with Gasteiger partial charge in [-0.3, -0.25) is 9.10 Å². The molecule has 2 heterocycles. The van der Waals surface area contributed by atoms with Crippen LogP contribution in [-0.4, -0.2) is 34.5 Å². The molecule has 1 amide bonds. The van der Waals surface area contributed by atoms with Gasteiger partial charge in [-0.2, -0.15) is 8.42 Å². The monoisotopic (exact) mass is 423 g/mol. The Kier molecular flexibility index (Phi) is 4.83. The van der Waals surface area contributed by atoms with Crippen LogP contribution < -0.4 is 13.9 Å². The molecule has 150 valence electrons. The van der Waals surface area contributed by atoms with Crippen LogP contribution in [0.2, 0.25) is 0 Å². The molecule has 1 N–H and O–H groups in total. The molecule has 0 unspecified atom stereocenters. The molecule has 6 nitrogen and oxygen atoms in total. The first-order valence-corrected chi connectivity index (χ1v) is 11.5. The number of hydrogen-bond acceptors (Lipinski definition) is 4. The zero-order chi connectivity index (χ0) is 19.9. The summed E-state index contributed by atoms with van der Waals surface area (Å²) >= 11 is 1.58. The van der Waals surface area contributed by atoms with Crippen molar-refractivity contribution in [1.29, 1.82) is 0 Å². The van der Waals surface area contributed by atoms with E-state index < -0.39 is 21.4 Å². The van der Waals surface area contributed by atoms with Crippen LogP contribution in [0, 0.1) is 5.82 Å². The number of halogens is 1. The normalized spacial score (nSPS) is 19.6. The fraction of sp³-hybridized carbons (Fsp3) is 0.421. The van der Waals surface area contributed by atoms with Gasteiger partial charge in [0, 0.05) is 24.5 Å². The number of carbonyl (C=O) groups is 1. The number of anilines is 2. The molecule has 0 spiro atoms. The van der Waals surface area contributed by atoms with E-state index in [4.69, 9.17) is 0 Å². The number of nitrogens with zero attached hydrogens (tertiary/aromatic N) is 2. The number of carbonyl (C=O) groups excluding carboxylic acids is 1. The maximum atomic E-state index is 13.7. The van der Waals surface area contributed by atoms with Crippen LogP contribution in [-0.2, 0) is 20.4 Å². The van der Waals surface area contributed by atoms with Crippen molar-refractivity contribution in [3.05, 3.63) is 46.4 Å². The predicted molar refractivity (Wildman–Crippen MR) is 109 cm³/mol. The second-order valence-corrected chi connectivity index (χ2v) is 10.0. The highest BCUT2D eigenvalue weighted by molar-refractivity contribution is 7.94. The van der Waals surface area contributed by atoms with Crippen molar-refractivity contribution in [2.45, 2.75) is 31.1 Å². The van der Waals surface area contributed by atoms with Gasteiger partial charge in [0.2, 0.25) is 5.91 Å². The van der Waals surface area contributed by atoms with Gasteiger partial charge >= 0.3 is 10.2 Å². The minimum Gasteiger partial charge on any atom is -0.353 e. The summed E-state index contributed by atoms with van der Waals surface area (Å²) in [5.41, 5.74) is 0.211. The van der Waals surface area contributed by atoms with Gasteiger partial charge in [0.1, 0.15) is 5.82 Å². The lowest BCUT2D eigenvalue weighted by atomic mass is 9.83. The standard InChI is InChI=1S/C19H22FN3O3S2/c1-22-15-7-6-14(20)13-16(15)23(28(22,25)26)11-10-21-18(24)19(8-2-3-9-19)17-5-4-12-27-17/h4-7,12-13H,2-3,8-11H2,1H3,(H,21,24). The van der Waals surface area contributed by atoms with E-state index in [1.165, 1.54) is 25.2 Å². The third kappa shape index (κ3) is 2.97. The van der Waals surface area contributed by atoms with E-state index in [0.717, 1.165) is 39.2 Å². The summed E-state index contributed by atoms with van der Waals surface area (Å²) in [7, 11) is -2.33. The largest absolute Gasteiger partial charge is 0.353 e. The van der Waals surface area contributed by atoms with Gasteiger partial charge in [0.05, 0.1) is 23.3 Å². The minimum atomic E-state index is -3.77. The number of hydrogen-bond donors (Lipinski definition) is 1. The minimum absolute atomic E-state index is 0.0510. The van der Waals surface area contributed by atoms with Gasteiger partial charge in [0.25, 0.3) is 0 Å². The Morgan fingerprint density at radius 3 is 2.68 bits per heavy atom. The van der Waals surface area contributed by atoms with E-state index in [1.807, 2.05) is 17.5 Å². The summed E-state index contributed by atoms with van der Waals surface area (Å²) in [5, 5.41) is 4.90. The molecule has 0 bridgehead atoms. The molecule has 28 heavy (non-hydrogen) atoms. The zero-order valence-electron chi connectivity index (χ0n) is 15.5. The Hall–Kier alpha value is -2.13. The van der Waals surface area contributed by atoms with E-state index in [1.54, 1.807) is 11.3 Å². The number of benzene rings is 1. The van der Waals surface area contributed by atoms with Crippen LogP contribution in [0.1, 0.15) is 30.6 Å². The van der Waals surface area contributed by atoms with Crippen molar-refractivity contribution >= 4 is 38.8 Å². The molecule has 4 rings (SSSR count). The highest BCUT2D eigenvalue weighted by Crippen LogP contribution is 2.43. The van der Waals surface area contributed by atoms with Crippen molar-refractivity contribution in [3.63, 3.8) is 0 Å². The average Bonchev–Trinajstić information content (AvgIpc) is 3.38. The van der Waals surface area contributed by atoms with Crippen molar-refractivity contribution in [1.82, 2.24) is 5.32 Å². The highest BCUT2D eigenvalue weighted by atomic mass is 32.2. The maximum Gasteiger partial charge on any atom is 0.326 e. The average molecular weight is 424 g/mol. The Morgan fingerprint density at radius 2 is 2.00 bits per heavy atom. The smallest absolute Gasteiger partial charge is 0.326 e. The molecule has 0 radical (unpaired) electrons. The summed E-state index contributed by atoms with van der Waals surface area (Å²) in [5.74, 6) is -0.558. The van der Waals surface area contributed by atoms with Crippen molar-refractivity contribution < 1.29 is 17.6 Å². The predicted octanol–water partition coefficient (Wildman–Crippen LogP) is 3.02. The molecule has 1 saturated carbocycles. The van der Waals surface area contributed by atoms with E-state index in [0.29, 0.717) is 11.4 Å². The van der Waals surface area contributed by atoms with Crippen LogP contribution in [0.5, 0.6) is 0 Å². The van der Waals surface area contributed by atoms with E-state index in [2.05, 4.69) is 5.32 Å². The number of rotatable bonds is 5. The molecule has 2 aliphatic rings. The molecule has 1 aromatic heterocycles. The van der Waals surface area contributed by atoms with Crippen LogP contribution in [0.4, 0.5) is 15.8 Å². The molecule has 1 aliphatic heterocycles. The first-order chi connectivity index (χ1) is 13.4. The summed E-state index contributed by atoms with van der Waals surface area (Å²) in [4.78, 5) is 14.1. The maximum absolute atomic E-state index is 13.7. The number of thiophene rings is 1. The highest BCUT2D eigenvalue weighted by Gasteiger charge is 2.44. The molecule has 9 heteroatoms. The van der Waals surface area contributed by atoms with Crippen LogP contribution in [0.15, 0.2) is 35.7 Å². The molecular formula is C19H22FN3O3S2. The molecule has 0 saturated heterocycles. The Morgan fingerprint density at radius 1 is 1.25 bits per heavy atom. The summed E-state index contributed by atoms with van der Waals surface area (Å²) < 4.78 is 41.3. The Labute approximate surface area is 168 Å². The molecule has 1 fully saturated rings. The van der Waals surface area contributed by atoms with Crippen LogP contribution >= 0.6 is 11.3 Å². The van der Waals surface area contributed by atoms with Gasteiger partial charge in [0.15, 0.2) is 0 Å². The van der Waals surface area contributed by atoms with Crippen LogP contribution in [0.25, 0.3) is 0 Å². The van der Waals surface area contributed by atoms with E-state index in [9.17, 15) is 17.6 Å². The van der Waals surface area contributed by atoms with Crippen molar-refractivity contribution in [3.8, 4) is 0 Å². The van der Waals surface area contributed by atoms with Crippen LogP contribution in [0.3, 0.4) is 0 Å². The molecule has 2 aromatic rings. The first-order valence-electron chi connectivity index (χ1n) is 9.25. The quantitative estimate of drug-likeness (QED) is 0.804. The SMILES string of the molecule is CN1c2ccc(F)cc2N(CCNC(=O)C2(c3cccs3)CCCC2)S1(=O)=O. The third-order valence-corrected chi connectivity index (χ3v) is 8.55. The number of nitrogens with one attached hydrogen (secondary N) is 1. The fourth-order valence-corrected chi connectivity index (χ4v) is 6.55. The lowest BCUT2D eigenvalue weighted by molar-refractivity contribution is -0.126. The molecule has 0 atom stereocenters. The fourth-order valence-electron chi connectivity index (χ4n) is 4.15. The summed E-state index contributed by atoms with van der Waals surface area (Å²) in [6, 6.07) is 7.84. The third-order valence-electron chi connectivity index (χ3n) is 5.66.